The lowest BCUT2D eigenvalue weighted by Crippen LogP contribution is -2.28. The number of nitrogens with zero attached hydrogens (tertiary/aromatic N) is 2. The lowest BCUT2D eigenvalue weighted by molar-refractivity contribution is 0.0644. The van der Waals surface area contributed by atoms with Gasteiger partial charge in [0.2, 0.25) is 0 Å². The third-order valence-corrected chi connectivity index (χ3v) is 4.39. The molecular formula is C12H7BrN2O2S. The minimum atomic E-state index is -0.271. The SMILES string of the molecule is O=C1c2ccncc2C(=O)N1Cc1cc(Br)cs1. The summed E-state index contributed by atoms with van der Waals surface area (Å²) in [6.45, 7) is 0.308. The van der Waals surface area contributed by atoms with Gasteiger partial charge in [-0.05, 0) is 28.1 Å². The normalized spacial score (nSPS) is 14.2. The van der Waals surface area contributed by atoms with E-state index in [2.05, 4.69) is 20.9 Å². The second-order valence-corrected chi connectivity index (χ2v) is 5.76. The van der Waals surface area contributed by atoms with E-state index < -0.39 is 0 Å². The van der Waals surface area contributed by atoms with Crippen LogP contribution >= 0.6 is 27.3 Å². The second kappa shape index (κ2) is 4.29. The molecule has 4 nitrogen and oxygen atoms in total. The molecule has 0 radical (unpaired) electrons. The maximum Gasteiger partial charge on any atom is 0.263 e. The topological polar surface area (TPSA) is 50.3 Å². The Morgan fingerprint density at radius 3 is 2.72 bits per heavy atom. The van der Waals surface area contributed by atoms with Gasteiger partial charge < -0.3 is 0 Å². The van der Waals surface area contributed by atoms with Crippen LogP contribution in [0.1, 0.15) is 25.6 Å². The van der Waals surface area contributed by atoms with Gasteiger partial charge in [0.05, 0.1) is 17.7 Å². The lowest BCUT2D eigenvalue weighted by Gasteiger charge is -2.11. The molecule has 18 heavy (non-hydrogen) atoms. The molecule has 0 bridgehead atoms. The molecule has 0 aliphatic carbocycles. The molecule has 0 spiro atoms. The summed E-state index contributed by atoms with van der Waals surface area (Å²) in [6.07, 6.45) is 2.97. The van der Waals surface area contributed by atoms with Gasteiger partial charge in [-0.1, -0.05) is 0 Å². The molecule has 0 atom stereocenters. The molecule has 90 valence electrons. The van der Waals surface area contributed by atoms with E-state index in [1.165, 1.54) is 28.6 Å². The Labute approximate surface area is 115 Å². The Hall–Kier alpha value is -1.53. The van der Waals surface area contributed by atoms with Crippen LogP contribution in [0.15, 0.2) is 34.4 Å². The van der Waals surface area contributed by atoms with Crippen molar-refractivity contribution in [2.45, 2.75) is 6.54 Å². The Morgan fingerprint density at radius 2 is 2.06 bits per heavy atom. The van der Waals surface area contributed by atoms with Crippen LogP contribution in [-0.4, -0.2) is 21.7 Å². The molecule has 0 unspecified atom stereocenters. The van der Waals surface area contributed by atoms with Gasteiger partial charge in [-0.25, -0.2) is 0 Å². The maximum absolute atomic E-state index is 12.1. The Bertz CT molecular complexity index is 618. The Morgan fingerprint density at radius 1 is 1.28 bits per heavy atom. The van der Waals surface area contributed by atoms with Crippen LogP contribution in [0.2, 0.25) is 0 Å². The summed E-state index contributed by atoms with van der Waals surface area (Å²) in [7, 11) is 0. The molecule has 0 saturated carbocycles. The molecule has 2 aromatic rings. The molecule has 3 heterocycles. The van der Waals surface area contributed by atoms with E-state index in [0.717, 1.165) is 9.35 Å². The number of fused-ring (bicyclic) bond motifs is 1. The van der Waals surface area contributed by atoms with E-state index in [1.54, 1.807) is 6.07 Å². The number of carbonyl (C=O) groups is 2. The Balaban J connectivity index is 1.92. The van der Waals surface area contributed by atoms with Gasteiger partial charge >= 0.3 is 0 Å². The van der Waals surface area contributed by atoms with E-state index in [-0.39, 0.29) is 11.8 Å². The van der Waals surface area contributed by atoms with Crippen LogP contribution in [0.3, 0.4) is 0 Å². The highest BCUT2D eigenvalue weighted by atomic mass is 79.9. The van der Waals surface area contributed by atoms with Gasteiger partial charge in [-0.2, -0.15) is 0 Å². The van der Waals surface area contributed by atoms with Crippen LogP contribution in [-0.2, 0) is 6.54 Å². The van der Waals surface area contributed by atoms with Crippen molar-refractivity contribution in [3.05, 3.63) is 50.4 Å². The van der Waals surface area contributed by atoms with Crippen LogP contribution in [0.25, 0.3) is 0 Å². The van der Waals surface area contributed by atoms with E-state index in [9.17, 15) is 9.59 Å². The zero-order valence-corrected chi connectivity index (χ0v) is 11.5. The molecular weight excluding hydrogens is 316 g/mol. The number of rotatable bonds is 2. The molecule has 0 N–H and O–H groups in total. The van der Waals surface area contributed by atoms with Gasteiger partial charge in [-0.15, -0.1) is 11.3 Å². The van der Waals surface area contributed by atoms with Crippen molar-refractivity contribution >= 4 is 39.1 Å². The number of hydrogen-bond donors (Lipinski definition) is 0. The van der Waals surface area contributed by atoms with Crippen LogP contribution in [0, 0.1) is 0 Å². The fourth-order valence-corrected chi connectivity index (χ4v) is 3.31. The van der Waals surface area contributed by atoms with Gasteiger partial charge in [0, 0.05) is 27.1 Å². The summed E-state index contributed by atoms with van der Waals surface area (Å²) < 4.78 is 0.959. The van der Waals surface area contributed by atoms with Crippen molar-refractivity contribution in [1.82, 2.24) is 9.88 Å². The standard InChI is InChI=1S/C12H7BrN2O2S/c13-7-3-8(18-6-7)5-15-11(16)9-1-2-14-4-10(9)12(15)17/h1-4,6H,5H2. The van der Waals surface area contributed by atoms with E-state index in [4.69, 9.17) is 0 Å². The molecule has 1 aliphatic heterocycles. The van der Waals surface area contributed by atoms with Crippen molar-refractivity contribution in [3.63, 3.8) is 0 Å². The van der Waals surface area contributed by atoms with E-state index >= 15 is 0 Å². The van der Waals surface area contributed by atoms with Crippen molar-refractivity contribution in [3.8, 4) is 0 Å². The number of pyridine rings is 1. The fourth-order valence-electron chi connectivity index (χ4n) is 1.87. The molecule has 2 amide bonds. The average Bonchev–Trinajstić information content (AvgIpc) is 2.88. The molecule has 2 aromatic heterocycles. The highest BCUT2D eigenvalue weighted by Crippen LogP contribution is 2.26. The maximum atomic E-state index is 12.1. The molecule has 0 saturated heterocycles. The number of aromatic nitrogens is 1. The lowest BCUT2D eigenvalue weighted by atomic mass is 10.2. The largest absolute Gasteiger partial charge is 0.269 e. The smallest absolute Gasteiger partial charge is 0.263 e. The van der Waals surface area contributed by atoms with Gasteiger partial charge in [0.1, 0.15) is 0 Å². The third kappa shape index (κ3) is 1.77. The highest BCUT2D eigenvalue weighted by Gasteiger charge is 2.35. The number of imide groups is 1. The van der Waals surface area contributed by atoms with Crippen LogP contribution in [0.5, 0.6) is 0 Å². The van der Waals surface area contributed by atoms with Gasteiger partial charge in [0.25, 0.3) is 11.8 Å². The van der Waals surface area contributed by atoms with Crippen LogP contribution < -0.4 is 0 Å². The summed E-state index contributed by atoms with van der Waals surface area (Å²) in [4.78, 5) is 30.3. The number of carbonyl (C=O) groups excluding carboxylic acids is 2. The predicted molar refractivity (Wildman–Crippen MR) is 70.5 cm³/mol. The minimum Gasteiger partial charge on any atom is -0.269 e. The number of thiophene rings is 1. The monoisotopic (exact) mass is 322 g/mol. The molecule has 0 aromatic carbocycles. The summed E-state index contributed by atoms with van der Waals surface area (Å²) >= 11 is 4.86. The summed E-state index contributed by atoms with van der Waals surface area (Å²) in [5.41, 5.74) is 0.823. The first-order valence-corrected chi connectivity index (χ1v) is 6.87. The first-order valence-electron chi connectivity index (χ1n) is 5.20. The molecule has 6 heteroatoms. The molecule has 1 aliphatic rings. The molecule has 3 rings (SSSR count). The van der Waals surface area contributed by atoms with Gasteiger partial charge in [-0.3, -0.25) is 19.5 Å². The van der Waals surface area contributed by atoms with Crippen molar-refractivity contribution in [2.75, 3.05) is 0 Å². The van der Waals surface area contributed by atoms with E-state index in [0.29, 0.717) is 17.7 Å². The van der Waals surface area contributed by atoms with Crippen molar-refractivity contribution in [1.29, 1.82) is 0 Å². The first-order chi connectivity index (χ1) is 8.66. The van der Waals surface area contributed by atoms with Gasteiger partial charge in [0.15, 0.2) is 0 Å². The van der Waals surface area contributed by atoms with Crippen molar-refractivity contribution in [2.24, 2.45) is 0 Å². The zero-order chi connectivity index (χ0) is 12.7. The summed E-state index contributed by atoms with van der Waals surface area (Å²) in [6, 6.07) is 3.49. The number of halogens is 1. The zero-order valence-electron chi connectivity index (χ0n) is 9.09. The Kier molecular flexibility index (Phi) is 2.76. The van der Waals surface area contributed by atoms with Crippen molar-refractivity contribution < 1.29 is 9.59 Å². The predicted octanol–water partition coefficient (Wildman–Crippen LogP) is 2.70. The number of hydrogen-bond acceptors (Lipinski definition) is 4. The summed E-state index contributed by atoms with van der Waals surface area (Å²) in [5.74, 6) is -0.519. The first kappa shape index (κ1) is 11.6. The fraction of sp³-hybridized carbons (Fsp3) is 0.0833. The average molecular weight is 323 g/mol. The van der Waals surface area contributed by atoms with Crippen LogP contribution in [0.4, 0.5) is 0 Å². The second-order valence-electron chi connectivity index (χ2n) is 3.85. The third-order valence-electron chi connectivity index (χ3n) is 2.71. The van der Waals surface area contributed by atoms with E-state index in [1.807, 2.05) is 11.4 Å². The summed E-state index contributed by atoms with van der Waals surface area (Å²) in [5, 5.41) is 1.93. The molecule has 0 fully saturated rings. The number of amides is 2. The quantitative estimate of drug-likeness (QED) is 0.799. The minimum absolute atomic E-state index is 0.248. The highest BCUT2D eigenvalue weighted by molar-refractivity contribution is 9.10.